The molecule has 2 unspecified atom stereocenters. The van der Waals surface area contributed by atoms with Crippen LogP contribution in [0, 0.1) is 0 Å². The molecule has 2 heterocycles. The van der Waals surface area contributed by atoms with Gasteiger partial charge in [-0.15, -0.1) is 0 Å². The molecule has 3 nitrogen and oxygen atoms in total. The van der Waals surface area contributed by atoms with Crippen LogP contribution in [0.15, 0.2) is 24.5 Å². The molecular formula is C12H17NO2. The molecule has 0 saturated carbocycles. The van der Waals surface area contributed by atoms with Gasteiger partial charge >= 0.3 is 0 Å². The molecule has 1 N–H and O–H groups in total. The molecule has 1 aliphatic heterocycles. The maximum atomic E-state index is 10.4. The lowest BCUT2D eigenvalue weighted by molar-refractivity contribution is -0.0961. The van der Waals surface area contributed by atoms with Gasteiger partial charge in [0.15, 0.2) is 0 Å². The van der Waals surface area contributed by atoms with Gasteiger partial charge in [-0.25, -0.2) is 0 Å². The SMILES string of the molecule is CC1CC(O)(Cc2ccncc2)CCO1. The Morgan fingerprint density at radius 3 is 2.93 bits per heavy atom. The molecule has 2 rings (SSSR count). The van der Waals surface area contributed by atoms with Crippen LogP contribution >= 0.6 is 0 Å². The van der Waals surface area contributed by atoms with Gasteiger partial charge in [0.05, 0.1) is 11.7 Å². The highest BCUT2D eigenvalue weighted by Gasteiger charge is 2.33. The van der Waals surface area contributed by atoms with E-state index in [0.29, 0.717) is 13.0 Å². The molecular weight excluding hydrogens is 190 g/mol. The average Bonchev–Trinajstić information content (AvgIpc) is 2.18. The van der Waals surface area contributed by atoms with Crippen molar-refractivity contribution in [1.29, 1.82) is 0 Å². The predicted octanol–water partition coefficient (Wildman–Crippen LogP) is 1.55. The third-order valence-electron chi connectivity index (χ3n) is 2.92. The van der Waals surface area contributed by atoms with Crippen molar-refractivity contribution < 1.29 is 9.84 Å². The maximum absolute atomic E-state index is 10.4. The third-order valence-corrected chi connectivity index (χ3v) is 2.92. The fourth-order valence-corrected chi connectivity index (χ4v) is 2.19. The average molecular weight is 207 g/mol. The summed E-state index contributed by atoms with van der Waals surface area (Å²) in [6.45, 7) is 2.67. The van der Waals surface area contributed by atoms with E-state index in [1.165, 1.54) is 0 Å². The van der Waals surface area contributed by atoms with Crippen LogP contribution in [0.25, 0.3) is 0 Å². The molecule has 0 radical (unpaired) electrons. The highest BCUT2D eigenvalue weighted by Crippen LogP contribution is 2.28. The van der Waals surface area contributed by atoms with Gasteiger partial charge < -0.3 is 9.84 Å². The Morgan fingerprint density at radius 1 is 1.53 bits per heavy atom. The molecule has 0 spiro atoms. The highest BCUT2D eigenvalue weighted by molar-refractivity contribution is 5.13. The summed E-state index contributed by atoms with van der Waals surface area (Å²) in [7, 11) is 0. The van der Waals surface area contributed by atoms with Crippen LogP contribution in [0.4, 0.5) is 0 Å². The van der Waals surface area contributed by atoms with Crippen LogP contribution in [0.2, 0.25) is 0 Å². The van der Waals surface area contributed by atoms with Crippen LogP contribution in [-0.2, 0) is 11.2 Å². The van der Waals surface area contributed by atoms with E-state index in [2.05, 4.69) is 4.98 Å². The van der Waals surface area contributed by atoms with Gasteiger partial charge in [0.1, 0.15) is 0 Å². The lowest BCUT2D eigenvalue weighted by atomic mass is 9.85. The smallest absolute Gasteiger partial charge is 0.0734 e. The molecule has 1 aliphatic rings. The molecule has 3 heteroatoms. The largest absolute Gasteiger partial charge is 0.389 e. The number of aliphatic hydroxyl groups is 1. The van der Waals surface area contributed by atoms with Gasteiger partial charge in [-0.3, -0.25) is 4.98 Å². The fourth-order valence-electron chi connectivity index (χ4n) is 2.19. The van der Waals surface area contributed by atoms with Crippen molar-refractivity contribution in [3.05, 3.63) is 30.1 Å². The van der Waals surface area contributed by atoms with Gasteiger partial charge in [0, 0.05) is 31.8 Å². The Hall–Kier alpha value is -0.930. The number of nitrogens with zero attached hydrogens (tertiary/aromatic N) is 1. The van der Waals surface area contributed by atoms with E-state index in [9.17, 15) is 5.11 Å². The van der Waals surface area contributed by atoms with E-state index in [1.54, 1.807) is 12.4 Å². The first-order valence-corrected chi connectivity index (χ1v) is 5.41. The van der Waals surface area contributed by atoms with Gasteiger partial charge in [0.25, 0.3) is 0 Å². The predicted molar refractivity (Wildman–Crippen MR) is 57.5 cm³/mol. The summed E-state index contributed by atoms with van der Waals surface area (Å²) >= 11 is 0. The lowest BCUT2D eigenvalue weighted by Gasteiger charge is -2.35. The maximum Gasteiger partial charge on any atom is 0.0734 e. The van der Waals surface area contributed by atoms with E-state index in [-0.39, 0.29) is 6.10 Å². The van der Waals surface area contributed by atoms with Crippen molar-refractivity contribution >= 4 is 0 Å². The van der Waals surface area contributed by atoms with E-state index in [0.717, 1.165) is 18.4 Å². The number of aromatic nitrogens is 1. The summed E-state index contributed by atoms with van der Waals surface area (Å²) in [5.74, 6) is 0. The lowest BCUT2D eigenvalue weighted by Crippen LogP contribution is -2.41. The Morgan fingerprint density at radius 2 is 2.27 bits per heavy atom. The van der Waals surface area contributed by atoms with Gasteiger partial charge in [-0.1, -0.05) is 0 Å². The highest BCUT2D eigenvalue weighted by atomic mass is 16.5. The van der Waals surface area contributed by atoms with E-state index in [4.69, 9.17) is 4.74 Å². The van der Waals surface area contributed by atoms with Crippen molar-refractivity contribution in [2.75, 3.05) is 6.61 Å². The first-order chi connectivity index (χ1) is 7.18. The van der Waals surface area contributed by atoms with Gasteiger partial charge in [-0.05, 0) is 31.0 Å². The number of rotatable bonds is 2. The molecule has 82 valence electrons. The molecule has 15 heavy (non-hydrogen) atoms. The van der Waals surface area contributed by atoms with Crippen LogP contribution in [0.3, 0.4) is 0 Å². The second-order valence-electron chi connectivity index (χ2n) is 4.39. The summed E-state index contributed by atoms with van der Waals surface area (Å²) in [5.41, 5.74) is 0.542. The van der Waals surface area contributed by atoms with Crippen LogP contribution in [-0.4, -0.2) is 28.4 Å². The van der Waals surface area contributed by atoms with Gasteiger partial charge in [0.2, 0.25) is 0 Å². The second kappa shape index (κ2) is 4.29. The summed E-state index contributed by atoms with van der Waals surface area (Å²) < 4.78 is 5.44. The van der Waals surface area contributed by atoms with E-state index in [1.807, 2.05) is 19.1 Å². The standard InChI is InChI=1S/C12H17NO2/c1-10-8-12(14,4-7-15-10)9-11-2-5-13-6-3-11/h2-3,5-6,10,14H,4,7-9H2,1H3. The molecule has 1 saturated heterocycles. The number of hydrogen-bond donors (Lipinski definition) is 1. The molecule has 1 aromatic rings. The van der Waals surface area contributed by atoms with E-state index >= 15 is 0 Å². The molecule has 0 aromatic carbocycles. The van der Waals surface area contributed by atoms with Crippen LogP contribution in [0.1, 0.15) is 25.3 Å². The topological polar surface area (TPSA) is 42.4 Å². The number of pyridine rings is 1. The monoisotopic (exact) mass is 207 g/mol. The first kappa shape index (κ1) is 10.6. The van der Waals surface area contributed by atoms with Gasteiger partial charge in [-0.2, -0.15) is 0 Å². The zero-order chi connectivity index (χ0) is 10.7. The Kier molecular flexibility index (Phi) is 3.03. The minimum Gasteiger partial charge on any atom is -0.389 e. The first-order valence-electron chi connectivity index (χ1n) is 5.41. The fraction of sp³-hybridized carbons (Fsp3) is 0.583. The molecule has 1 fully saturated rings. The molecule has 0 aliphatic carbocycles. The summed E-state index contributed by atoms with van der Waals surface area (Å²) in [4.78, 5) is 3.97. The van der Waals surface area contributed by atoms with Crippen LogP contribution in [0.5, 0.6) is 0 Å². The van der Waals surface area contributed by atoms with Crippen molar-refractivity contribution in [2.24, 2.45) is 0 Å². The summed E-state index contributed by atoms with van der Waals surface area (Å²) in [6.07, 6.45) is 5.83. The van der Waals surface area contributed by atoms with Crippen molar-refractivity contribution in [3.8, 4) is 0 Å². The summed E-state index contributed by atoms with van der Waals surface area (Å²) in [6, 6.07) is 3.91. The van der Waals surface area contributed by atoms with E-state index < -0.39 is 5.60 Å². The zero-order valence-electron chi connectivity index (χ0n) is 9.02. The summed E-state index contributed by atoms with van der Waals surface area (Å²) in [5, 5.41) is 10.4. The number of ether oxygens (including phenoxy) is 1. The minimum atomic E-state index is -0.598. The zero-order valence-corrected chi connectivity index (χ0v) is 9.02. The minimum absolute atomic E-state index is 0.158. The molecule has 1 aromatic heterocycles. The van der Waals surface area contributed by atoms with Crippen molar-refractivity contribution in [2.45, 2.75) is 37.9 Å². The molecule has 2 atom stereocenters. The van der Waals surface area contributed by atoms with Crippen LogP contribution < -0.4 is 0 Å². The Bertz CT molecular complexity index is 315. The normalized spacial score (nSPS) is 31.5. The molecule has 0 amide bonds. The third kappa shape index (κ3) is 2.76. The Labute approximate surface area is 90.1 Å². The number of hydrogen-bond acceptors (Lipinski definition) is 3. The Balaban J connectivity index is 2.04. The second-order valence-corrected chi connectivity index (χ2v) is 4.39. The van der Waals surface area contributed by atoms with Crippen molar-refractivity contribution in [3.63, 3.8) is 0 Å². The molecule has 0 bridgehead atoms. The van der Waals surface area contributed by atoms with Crippen molar-refractivity contribution in [1.82, 2.24) is 4.98 Å². The quantitative estimate of drug-likeness (QED) is 0.800.